The van der Waals surface area contributed by atoms with Gasteiger partial charge >= 0.3 is 0 Å². The molecule has 152 valence electrons. The summed E-state index contributed by atoms with van der Waals surface area (Å²) < 4.78 is 10.5. The van der Waals surface area contributed by atoms with Crippen LogP contribution in [-0.4, -0.2) is 36.5 Å². The predicted molar refractivity (Wildman–Crippen MR) is 109 cm³/mol. The number of hydrogen-bond acceptors (Lipinski definition) is 6. The van der Waals surface area contributed by atoms with Gasteiger partial charge in [-0.3, -0.25) is 0 Å². The maximum absolute atomic E-state index is 10.1. The number of rotatable bonds is 8. The number of nitrogens with one attached hydrogen (secondary N) is 2. The molecule has 28 heavy (non-hydrogen) atoms. The fraction of sp³-hybridized carbons (Fsp3) is 0.455. The molecule has 0 heterocycles. The van der Waals surface area contributed by atoms with E-state index in [0.29, 0.717) is 25.2 Å². The maximum Gasteiger partial charge on any atom is 0.120 e. The number of hydrogen-bond donors (Lipinski definition) is 4. The van der Waals surface area contributed by atoms with E-state index >= 15 is 0 Å². The highest BCUT2D eigenvalue weighted by atomic mass is 16.5. The van der Waals surface area contributed by atoms with Crippen molar-refractivity contribution in [2.45, 2.75) is 50.9 Å². The third kappa shape index (κ3) is 5.09. The van der Waals surface area contributed by atoms with Crippen molar-refractivity contribution < 1.29 is 19.7 Å². The molecule has 2 aromatic carbocycles. The van der Waals surface area contributed by atoms with Crippen LogP contribution in [0.1, 0.15) is 36.8 Å². The summed E-state index contributed by atoms with van der Waals surface area (Å²) in [4.78, 5) is 0. The highest BCUT2D eigenvalue weighted by Gasteiger charge is 2.24. The predicted octanol–water partition coefficient (Wildman–Crippen LogP) is 3.31. The Balaban J connectivity index is 1.61. The number of benzene rings is 2. The minimum atomic E-state index is 0.273. The highest BCUT2D eigenvalue weighted by molar-refractivity contribution is 5.40. The van der Waals surface area contributed by atoms with Crippen LogP contribution >= 0.6 is 0 Å². The van der Waals surface area contributed by atoms with Crippen molar-refractivity contribution in [1.29, 1.82) is 0 Å². The zero-order valence-corrected chi connectivity index (χ0v) is 16.6. The van der Waals surface area contributed by atoms with Crippen molar-refractivity contribution in [3.8, 4) is 23.0 Å². The summed E-state index contributed by atoms with van der Waals surface area (Å²) in [5.41, 5.74) is 1.66. The van der Waals surface area contributed by atoms with Crippen LogP contribution in [0.25, 0.3) is 0 Å². The lowest BCUT2D eigenvalue weighted by Gasteiger charge is -2.33. The summed E-state index contributed by atoms with van der Waals surface area (Å²) in [5.74, 6) is 2.02. The van der Waals surface area contributed by atoms with E-state index in [1.165, 1.54) is 12.8 Å². The molecule has 6 nitrogen and oxygen atoms in total. The van der Waals surface area contributed by atoms with Crippen LogP contribution in [0.2, 0.25) is 0 Å². The van der Waals surface area contributed by atoms with Crippen molar-refractivity contribution in [2.24, 2.45) is 0 Å². The first kappa shape index (κ1) is 20.3. The Hall–Kier alpha value is -2.44. The fourth-order valence-corrected chi connectivity index (χ4v) is 3.76. The Morgan fingerprint density at radius 1 is 0.786 bits per heavy atom. The monoisotopic (exact) mass is 386 g/mol. The molecule has 1 unspecified atom stereocenters. The van der Waals surface area contributed by atoms with E-state index in [2.05, 4.69) is 10.6 Å². The number of aromatic hydroxyl groups is 2. The van der Waals surface area contributed by atoms with Crippen molar-refractivity contribution in [1.82, 2.24) is 10.6 Å². The van der Waals surface area contributed by atoms with Gasteiger partial charge in [-0.2, -0.15) is 0 Å². The minimum absolute atomic E-state index is 0.273. The largest absolute Gasteiger partial charge is 0.508 e. The van der Waals surface area contributed by atoms with Crippen molar-refractivity contribution in [3.05, 3.63) is 47.5 Å². The summed E-state index contributed by atoms with van der Waals surface area (Å²) in [6.07, 6.45) is 4.52. The standard InChI is InChI=1S/C22H30N2O4/c1-27-17-7-9-21(25)15(11-17)13-23-19-5-3-4-6-20(19)24-14-16-12-18(28-2)8-10-22(16)26/h7-12,19-20,23-26H,3-6,13-14H2,1-2H3/t19-,20?/m0/s1. The summed E-state index contributed by atoms with van der Waals surface area (Å²) in [7, 11) is 3.25. The van der Waals surface area contributed by atoms with E-state index < -0.39 is 0 Å². The third-order valence-corrected chi connectivity index (χ3v) is 5.45. The summed E-state index contributed by atoms with van der Waals surface area (Å²) in [5, 5.41) is 27.4. The molecule has 6 heteroatoms. The van der Waals surface area contributed by atoms with Crippen LogP contribution < -0.4 is 20.1 Å². The number of methoxy groups -OCH3 is 2. The van der Waals surface area contributed by atoms with E-state index in [1.807, 2.05) is 12.1 Å². The van der Waals surface area contributed by atoms with Gasteiger partial charge in [0.25, 0.3) is 0 Å². The quantitative estimate of drug-likeness (QED) is 0.557. The lowest BCUT2D eigenvalue weighted by molar-refractivity contribution is 0.279. The average molecular weight is 386 g/mol. The van der Waals surface area contributed by atoms with Crippen LogP contribution in [0.4, 0.5) is 0 Å². The van der Waals surface area contributed by atoms with Gasteiger partial charge in [-0.15, -0.1) is 0 Å². The molecule has 0 amide bonds. The summed E-state index contributed by atoms with van der Waals surface area (Å²) in [6, 6.07) is 11.2. The molecule has 1 aliphatic rings. The molecule has 1 saturated carbocycles. The van der Waals surface area contributed by atoms with Gasteiger partial charge in [-0.1, -0.05) is 12.8 Å². The Morgan fingerprint density at radius 3 is 1.61 bits per heavy atom. The second kappa shape index (κ2) is 9.66. The van der Waals surface area contributed by atoms with E-state index in [0.717, 1.165) is 35.5 Å². The number of phenolic OH excluding ortho intramolecular Hbond substituents is 2. The Bertz CT molecular complexity index is 716. The molecule has 0 spiro atoms. The molecule has 0 radical (unpaired) electrons. The van der Waals surface area contributed by atoms with E-state index in [-0.39, 0.29) is 11.5 Å². The molecule has 4 N–H and O–H groups in total. The highest BCUT2D eigenvalue weighted by Crippen LogP contribution is 2.26. The normalized spacial score (nSPS) is 19.4. The molecule has 1 aliphatic carbocycles. The third-order valence-electron chi connectivity index (χ3n) is 5.45. The molecule has 1 fully saturated rings. The average Bonchev–Trinajstić information content (AvgIpc) is 2.73. The van der Waals surface area contributed by atoms with Crippen molar-refractivity contribution in [2.75, 3.05) is 14.2 Å². The Morgan fingerprint density at radius 2 is 1.21 bits per heavy atom. The van der Waals surface area contributed by atoms with E-state index in [4.69, 9.17) is 9.47 Å². The Labute approximate surface area is 166 Å². The molecule has 0 aromatic heterocycles. The van der Waals surface area contributed by atoms with E-state index in [1.54, 1.807) is 38.5 Å². The van der Waals surface area contributed by atoms with Gasteiger partial charge in [0.2, 0.25) is 0 Å². The van der Waals surface area contributed by atoms with Crippen LogP contribution in [0.3, 0.4) is 0 Å². The second-order valence-electron chi connectivity index (χ2n) is 7.25. The maximum atomic E-state index is 10.1. The van der Waals surface area contributed by atoms with Gasteiger partial charge in [0.15, 0.2) is 0 Å². The SMILES string of the molecule is COc1ccc(O)c(CNC2CCCC[C@@H]2NCc2cc(OC)ccc2O)c1. The van der Waals surface area contributed by atoms with Gasteiger partial charge in [0, 0.05) is 36.3 Å². The zero-order valence-electron chi connectivity index (χ0n) is 16.6. The lowest BCUT2D eigenvalue weighted by atomic mass is 9.90. The number of ether oxygens (including phenoxy) is 2. The molecule has 0 aliphatic heterocycles. The molecular formula is C22H30N2O4. The molecule has 2 atom stereocenters. The van der Waals surface area contributed by atoms with Crippen LogP contribution in [0.5, 0.6) is 23.0 Å². The van der Waals surface area contributed by atoms with Crippen LogP contribution in [-0.2, 0) is 13.1 Å². The molecule has 2 aromatic rings. The summed E-state index contributed by atoms with van der Waals surface area (Å²) in [6.45, 7) is 1.16. The first-order valence-corrected chi connectivity index (χ1v) is 9.79. The van der Waals surface area contributed by atoms with Gasteiger partial charge < -0.3 is 30.3 Å². The topological polar surface area (TPSA) is 83.0 Å². The van der Waals surface area contributed by atoms with Gasteiger partial charge in [-0.05, 0) is 49.2 Å². The second-order valence-corrected chi connectivity index (χ2v) is 7.25. The van der Waals surface area contributed by atoms with Gasteiger partial charge in [0.1, 0.15) is 23.0 Å². The van der Waals surface area contributed by atoms with Crippen LogP contribution in [0, 0.1) is 0 Å². The number of phenols is 2. The van der Waals surface area contributed by atoms with Gasteiger partial charge in [-0.25, -0.2) is 0 Å². The molecule has 3 rings (SSSR count). The van der Waals surface area contributed by atoms with E-state index in [9.17, 15) is 10.2 Å². The zero-order chi connectivity index (χ0) is 19.9. The Kier molecular flexibility index (Phi) is 7.01. The van der Waals surface area contributed by atoms with Crippen molar-refractivity contribution in [3.63, 3.8) is 0 Å². The van der Waals surface area contributed by atoms with Gasteiger partial charge in [0.05, 0.1) is 14.2 Å². The minimum Gasteiger partial charge on any atom is -0.508 e. The molecular weight excluding hydrogens is 356 g/mol. The first-order valence-electron chi connectivity index (χ1n) is 9.79. The summed E-state index contributed by atoms with van der Waals surface area (Å²) >= 11 is 0. The fourth-order valence-electron chi connectivity index (χ4n) is 3.76. The van der Waals surface area contributed by atoms with Crippen LogP contribution in [0.15, 0.2) is 36.4 Å². The molecule has 0 bridgehead atoms. The molecule has 0 saturated heterocycles. The lowest BCUT2D eigenvalue weighted by Crippen LogP contribution is -2.49. The first-order chi connectivity index (χ1) is 13.6. The smallest absolute Gasteiger partial charge is 0.120 e. The van der Waals surface area contributed by atoms with Crippen molar-refractivity contribution >= 4 is 0 Å².